The van der Waals surface area contributed by atoms with Gasteiger partial charge >= 0.3 is 5.97 Å². The summed E-state index contributed by atoms with van der Waals surface area (Å²) in [7, 11) is 0. The molecule has 3 atom stereocenters. The van der Waals surface area contributed by atoms with Gasteiger partial charge in [-0.3, -0.25) is 4.79 Å². The summed E-state index contributed by atoms with van der Waals surface area (Å²) in [6, 6.07) is -0.836. The number of hydrogen-bond donors (Lipinski definition) is 3. The standard InChI is InChI=1S/C17H30N2O5/c1-4-13(5-2)24-10-12-7-11(17(22)23-6-3)8-14(18)16(12)19-15(21)9-20/h7,12-14,16,20H,4-6,8-10,18H2,1-3H3,(H,19,21)/t12?,14-,16-/m0/s1. The fourth-order valence-corrected chi connectivity index (χ4v) is 2.87. The first-order valence-electron chi connectivity index (χ1n) is 8.61. The Kier molecular flexibility index (Phi) is 8.95. The molecule has 138 valence electrons. The topological polar surface area (TPSA) is 111 Å². The van der Waals surface area contributed by atoms with E-state index in [-0.39, 0.29) is 18.0 Å². The lowest BCUT2D eigenvalue weighted by molar-refractivity contribution is -0.138. The molecule has 0 bridgehead atoms. The van der Waals surface area contributed by atoms with Crippen LogP contribution in [0.5, 0.6) is 0 Å². The van der Waals surface area contributed by atoms with Crippen LogP contribution in [0.15, 0.2) is 11.6 Å². The van der Waals surface area contributed by atoms with E-state index in [1.165, 1.54) is 0 Å². The molecule has 0 aromatic rings. The van der Waals surface area contributed by atoms with E-state index in [0.717, 1.165) is 12.8 Å². The van der Waals surface area contributed by atoms with Crippen LogP contribution >= 0.6 is 0 Å². The second-order valence-corrected chi connectivity index (χ2v) is 5.97. The maximum atomic E-state index is 12.0. The van der Waals surface area contributed by atoms with Crippen molar-refractivity contribution < 1.29 is 24.2 Å². The van der Waals surface area contributed by atoms with E-state index in [9.17, 15) is 9.59 Å². The molecule has 4 N–H and O–H groups in total. The normalized spacial score (nSPS) is 23.8. The quantitative estimate of drug-likeness (QED) is 0.526. The third kappa shape index (κ3) is 5.89. The first kappa shape index (κ1) is 20.6. The second kappa shape index (κ2) is 10.4. The fourth-order valence-electron chi connectivity index (χ4n) is 2.87. The number of carbonyl (C=O) groups excluding carboxylic acids is 2. The molecule has 24 heavy (non-hydrogen) atoms. The van der Waals surface area contributed by atoms with Gasteiger partial charge in [0.15, 0.2) is 0 Å². The van der Waals surface area contributed by atoms with Crippen LogP contribution in [0.25, 0.3) is 0 Å². The van der Waals surface area contributed by atoms with Gasteiger partial charge < -0.3 is 25.6 Å². The van der Waals surface area contributed by atoms with Gasteiger partial charge in [0.1, 0.15) is 6.61 Å². The number of aliphatic hydroxyl groups excluding tert-OH is 1. The summed E-state index contributed by atoms with van der Waals surface area (Å²) in [5, 5.41) is 11.7. The number of aliphatic hydroxyl groups is 1. The van der Waals surface area contributed by atoms with Crippen molar-refractivity contribution in [2.45, 2.75) is 58.2 Å². The van der Waals surface area contributed by atoms with E-state index in [1.807, 2.05) is 13.8 Å². The summed E-state index contributed by atoms with van der Waals surface area (Å²) in [6.45, 7) is 5.89. The SMILES string of the molecule is CCOC(=O)C1=CC(COC(CC)CC)[C@H](NC(=O)CO)[C@@H](N)C1. The van der Waals surface area contributed by atoms with Gasteiger partial charge in [0.25, 0.3) is 0 Å². The molecule has 0 aliphatic heterocycles. The van der Waals surface area contributed by atoms with Crippen LogP contribution in [0.3, 0.4) is 0 Å². The number of hydrogen-bond acceptors (Lipinski definition) is 6. The van der Waals surface area contributed by atoms with Crippen molar-refractivity contribution in [2.75, 3.05) is 19.8 Å². The molecule has 0 aromatic heterocycles. The monoisotopic (exact) mass is 342 g/mol. The molecule has 0 fully saturated rings. The number of nitrogens with one attached hydrogen (secondary N) is 1. The Morgan fingerprint density at radius 2 is 2.04 bits per heavy atom. The number of esters is 1. The summed E-state index contributed by atoms with van der Waals surface area (Å²) >= 11 is 0. The lowest BCUT2D eigenvalue weighted by Crippen LogP contribution is -2.55. The van der Waals surface area contributed by atoms with Crippen LogP contribution in [0.2, 0.25) is 0 Å². The maximum absolute atomic E-state index is 12.0. The van der Waals surface area contributed by atoms with Gasteiger partial charge in [0.2, 0.25) is 5.91 Å². The van der Waals surface area contributed by atoms with Crippen molar-refractivity contribution in [2.24, 2.45) is 11.7 Å². The molecule has 0 saturated carbocycles. The van der Waals surface area contributed by atoms with Crippen molar-refractivity contribution >= 4 is 11.9 Å². The first-order chi connectivity index (χ1) is 11.5. The Bertz CT molecular complexity index is 448. The Morgan fingerprint density at radius 1 is 1.38 bits per heavy atom. The number of nitrogens with two attached hydrogens (primary N) is 1. The average molecular weight is 342 g/mol. The van der Waals surface area contributed by atoms with Crippen LogP contribution in [0, 0.1) is 5.92 Å². The third-order valence-corrected chi connectivity index (χ3v) is 4.24. The van der Waals surface area contributed by atoms with Gasteiger partial charge in [0, 0.05) is 17.5 Å². The van der Waals surface area contributed by atoms with Gasteiger partial charge in [-0.2, -0.15) is 0 Å². The molecule has 0 saturated heterocycles. The van der Waals surface area contributed by atoms with Gasteiger partial charge in [-0.05, 0) is 26.2 Å². The zero-order chi connectivity index (χ0) is 18.1. The van der Waals surface area contributed by atoms with Crippen LogP contribution in [-0.4, -0.2) is 55.0 Å². The van der Waals surface area contributed by atoms with Gasteiger partial charge in [0.05, 0.1) is 25.4 Å². The van der Waals surface area contributed by atoms with E-state index >= 15 is 0 Å². The van der Waals surface area contributed by atoms with E-state index in [0.29, 0.717) is 25.2 Å². The van der Waals surface area contributed by atoms with Crippen molar-refractivity contribution in [3.8, 4) is 0 Å². The highest BCUT2D eigenvalue weighted by Gasteiger charge is 2.35. The van der Waals surface area contributed by atoms with E-state index in [2.05, 4.69) is 5.32 Å². The van der Waals surface area contributed by atoms with Crippen molar-refractivity contribution in [3.63, 3.8) is 0 Å². The Hall–Kier alpha value is -1.44. The zero-order valence-corrected chi connectivity index (χ0v) is 14.8. The van der Waals surface area contributed by atoms with Crippen LogP contribution in [0.1, 0.15) is 40.0 Å². The summed E-state index contributed by atoms with van der Waals surface area (Å²) in [4.78, 5) is 23.6. The minimum atomic E-state index is -0.599. The van der Waals surface area contributed by atoms with Gasteiger partial charge in [-0.25, -0.2) is 4.79 Å². The van der Waals surface area contributed by atoms with Crippen molar-refractivity contribution in [1.29, 1.82) is 0 Å². The largest absolute Gasteiger partial charge is 0.463 e. The molecule has 1 rings (SSSR count). The fraction of sp³-hybridized carbons (Fsp3) is 0.765. The number of rotatable bonds is 9. The Balaban J connectivity index is 2.92. The van der Waals surface area contributed by atoms with Crippen molar-refractivity contribution in [1.82, 2.24) is 5.32 Å². The molecule has 1 unspecified atom stereocenters. The van der Waals surface area contributed by atoms with Crippen LogP contribution < -0.4 is 11.1 Å². The van der Waals surface area contributed by atoms with E-state index in [1.54, 1.807) is 13.0 Å². The molecular weight excluding hydrogens is 312 g/mol. The molecular formula is C17H30N2O5. The predicted molar refractivity (Wildman–Crippen MR) is 90.1 cm³/mol. The molecule has 0 radical (unpaired) electrons. The molecule has 1 aliphatic rings. The first-order valence-corrected chi connectivity index (χ1v) is 8.61. The molecule has 1 aliphatic carbocycles. The average Bonchev–Trinajstić information content (AvgIpc) is 2.58. The minimum absolute atomic E-state index is 0.122. The lowest BCUT2D eigenvalue weighted by atomic mass is 9.82. The highest BCUT2D eigenvalue weighted by molar-refractivity contribution is 5.89. The molecule has 0 spiro atoms. The van der Waals surface area contributed by atoms with Crippen LogP contribution in [-0.2, 0) is 19.1 Å². The summed E-state index contributed by atoms with van der Waals surface area (Å²) in [6.07, 6.45) is 3.99. The predicted octanol–water partition coefficient (Wildman–Crippen LogP) is 0.505. The lowest BCUT2D eigenvalue weighted by Gasteiger charge is -2.35. The summed E-state index contributed by atoms with van der Waals surface area (Å²) < 4.78 is 10.9. The number of ether oxygens (including phenoxy) is 2. The van der Waals surface area contributed by atoms with Crippen molar-refractivity contribution in [3.05, 3.63) is 11.6 Å². The molecule has 0 heterocycles. The Morgan fingerprint density at radius 3 is 2.58 bits per heavy atom. The minimum Gasteiger partial charge on any atom is -0.463 e. The van der Waals surface area contributed by atoms with E-state index in [4.69, 9.17) is 20.3 Å². The Labute approximate surface area is 143 Å². The third-order valence-electron chi connectivity index (χ3n) is 4.24. The number of amides is 1. The molecule has 7 nitrogen and oxygen atoms in total. The highest BCUT2D eigenvalue weighted by atomic mass is 16.5. The second-order valence-electron chi connectivity index (χ2n) is 5.97. The van der Waals surface area contributed by atoms with Crippen LogP contribution in [0.4, 0.5) is 0 Å². The molecule has 7 heteroatoms. The van der Waals surface area contributed by atoms with E-state index < -0.39 is 24.6 Å². The van der Waals surface area contributed by atoms with Gasteiger partial charge in [-0.1, -0.05) is 19.9 Å². The number of carbonyl (C=O) groups is 2. The molecule has 1 amide bonds. The molecule has 0 aromatic carbocycles. The smallest absolute Gasteiger partial charge is 0.333 e. The summed E-state index contributed by atoms with van der Waals surface area (Å²) in [5.41, 5.74) is 6.68. The van der Waals surface area contributed by atoms with Gasteiger partial charge in [-0.15, -0.1) is 0 Å². The zero-order valence-electron chi connectivity index (χ0n) is 14.8. The summed E-state index contributed by atoms with van der Waals surface area (Å²) in [5.74, 6) is -1.12. The highest BCUT2D eigenvalue weighted by Crippen LogP contribution is 2.25. The maximum Gasteiger partial charge on any atom is 0.333 e.